The maximum absolute atomic E-state index is 10.8. The largest absolute Gasteiger partial charge is 0.456 e. The van der Waals surface area contributed by atoms with Gasteiger partial charge in [-0.25, -0.2) is 0 Å². The van der Waals surface area contributed by atoms with Crippen molar-refractivity contribution in [2.24, 2.45) is 0 Å². The predicted molar refractivity (Wildman–Crippen MR) is 40.4 cm³/mol. The second-order valence-electron chi connectivity index (χ2n) is 3.21. The van der Waals surface area contributed by atoms with Gasteiger partial charge in [-0.2, -0.15) is 0 Å². The molecule has 0 spiro atoms. The second-order valence-corrected chi connectivity index (χ2v) is 3.21. The number of aldehydes is 1. The lowest BCUT2D eigenvalue weighted by atomic mass is 9.94. The Kier molecular flexibility index (Phi) is 2.47. The van der Waals surface area contributed by atoms with E-state index < -0.39 is 17.7 Å². The average Bonchev–Trinajstić information content (AvgIpc) is 2.23. The van der Waals surface area contributed by atoms with Crippen LogP contribution in [-0.2, 0) is 14.3 Å². The highest BCUT2D eigenvalue weighted by atomic mass is 16.6. The Labute approximate surface area is 70.5 Å². The van der Waals surface area contributed by atoms with Crippen LogP contribution in [0.1, 0.15) is 26.2 Å². The average molecular weight is 172 g/mol. The molecule has 0 unspecified atom stereocenters. The van der Waals surface area contributed by atoms with Gasteiger partial charge < -0.3 is 14.6 Å². The van der Waals surface area contributed by atoms with Gasteiger partial charge in [-0.1, -0.05) is 0 Å². The van der Waals surface area contributed by atoms with Crippen molar-refractivity contribution in [1.82, 2.24) is 0 Å². The fraction of sp³-hybridized carbons (Fsp3) is 0.750. The molecule has 68 valence electrons. The number of esters is 1. The zero-order valence-corrected chi connectivity index (χ0v) is 6.95. The molecule has 0 radical (unpaired) electrons. The van der Waals surface area contributed by atoms with E-state index in [0.717, 1.165) is 6.29 Å². The molecule has 1 aliphatic rings. The minimum Gasteiger partial charge on any atom is -0.456 e. The molecule has 1 N–H and O–H groups in total. The second kappa shape index (κ2) is 3.23. The molecule has 2 atom stereocenters. The number of hydrogen-bond acceptors (Lipinski definition) is 4. The van der Waals surface area contributed by atoms with Gasteiger partial charge in [0.25, 0.3) is 0 Å². The summed E-state index contributed by atoms with van der Waals surface area (Å²) in [7, 11) is 0. The van der Waals surface area contributed by atoms with Gasteiger partial charge in [-0.15, -0.1) is 0 Å². The van der Waals surface area contributed by atoms with Crippen LogP contribution in [0.25, 0.3) is 0 Å². The van der Waals surface area contributed by atoms with Gasteiger partial charge in [0.05, 0.1) is 6.42 Å². The molecule has 0 saturated carbocycles. The lowest BCUT2D eigenvalue weighted by Crippen LogP contribution is -2.35. The maximum atomic E-state index is 10.8. The highest BCUT2D eigenvalue weighted by Crippen LogP contribution is 2.30. The first kappa shape index (κ1) is 9.19. The van der Waals surface area contributed by atoms with Gasteiger partial charge in [0.15, 0.2) is 0 Å². The highest BCUT2D eigenvalue weighted by molar-refractivity contribution is 5.73. The van der Waals surface area contributed by atoms with E-state index in [1.807, 2.05) is 0 Å². The summed E-state index contributed by atoms with van der Waals surface area (Å²) in [5.74, 6) is -0.393. The first-order chi connectivity index (χ1) is 5.58. The third kappa shape index (κ3) is 1.64. The molecular weight excluding hydrogens is 160 g/mol. The summed E-state index contributed by atoms with van der Waals surface area (Å²) in [6, 6.07) is 0. The smallest absolute Gasteiger partial charge is 0.309 e. The standard InChI is InChI=1S/C8H12O4/c1-8(3-2-4-9)6(10)5-7(11)12-8/h4,6,10H,2-3,5H2,1H3/t6-,8+/m0/s1. The van der Waals surface area contributed by atoms with Crippen LogP contribution >= 0.6 is 0 Å². The Bertz CT molecular complexity index is 201. The Hall–Kier alpha value is -0.900. The molecule has 0 aromatic heterocycles. The summed E-state index contributed by atoms with van der Waals surface area (Å²) in [5, 5.41) is 9.38. The maximum Gasteiger partial charge on any atom is 0.309 e. The van der Waals surface area contributed by atoms with Crippen LogP contribution in [0.4, 0.5) is 0 Å². The van der Waals surface area contributed by atoms with Gasteiger partial charge in [0, 0.05) is 6.42 Å². The van der Waals surface area contributed by atoms with E-state index in [1.165, 1.54) is 0 Å². The number of cyclic esters (lactones) is 1. The highest BCUT2D eigenvalue weighted by Gasteiger charge is 2.43. The first-order valence-corrected chi connectivity index (χ1v) is 3.92. The summed E-state index contributed by atoms with van der Waals surface area (Å²) < 4.78 is 4.92. The molecule has 0 aromatic rings. The molecule has 0 bridgehead atoms. The summed E-state index contributed by atoms with van der Waals surface area (Å²) in [6.07, 6.45) is 0.717. The molecule has 1 aliphatic heterocycles. The van der Waals surface area contributed by atoms with E-state index in [4.69, 9.17) is 4.74 Å². The molecular formula is C8H12O4. The third-order valence-electron chi connectivity index (χ3n) is 2.17. The molecule has 1 heterocycles. The molecule has 0 aliphatic carbocycles. The van der Waals surface area contributed by atoms with Gasteiger partial charge in [-0.05, 0) is 13.3 Å². The first-order valence-electron chi connectivity index (χ1n) is 3.92. The lowest BCUT2D eigenvalue weighted by Gasteiger charge is -2.24. The fourth-order valence-corrected chi connectivity index (χ4v) is 1.31. The Morgan fingerprint density at radius 1 is 1.83 bits per heavy atom. The Morgan fingerprint density at radius 3 is 2.92 bits per heavy atom. The van der Waals surface area contributed by atoms with Gasteiger partial charge >= 0.3 is 5.97 Å². The molecule has 4 nitrogen and oxygen atoms in total. The van der Waals surface area contributed by atoms with Crippen LogP contribution in [0.3, 0.4) is 0 Å². The van der Waals surface area contributed by atoms with E-state index in [0.29, 0.717) is 12.8 Å². The van der Waals surface area contributed by atoms with Crippen molar-refractivity contribution in [2.45, 2.75) is 37.9 Å². The van der Waals surface area contributed by atoms with Crippen molar-refractivity contribution in [3.8, 4) is 0 Å². The van der Waals surface area contributed by atoms with E-state index in [1.54, 1.807) is 6.92 Å². The van der Waals surface area contributed by atoms with E-state index in [9.17, 15) is 14.7 Å². The number of hydrogen-bond donors (Lipinski definition) is 1. The number of carbonyl (C=O) groups excluding carboxylic acids is 2. The lowest BCUT2D eigenvalue weighted by molar-refractivity contribution is -0.150. The monoisotopic (exact) mass is 172 g/mol. The van der Waals surface area contributed by atoms with Crippen molar-refractivity contribution in [2.75, 3.05) is 0 Å². The van der Waals surface area contributed by atoms with E-state index >= 15 is 0 Å². The number of carbonyl (C=O) groups is 2. The minimum absolute atomic E-state index is 0.0371. The number of ether oxygens (including phenoxy) is 1. The number of aliphatic hydroxyl groups is 1. The van der Waals surface area contributed by atoms with E-state index in [-0.39, 0.29) is 6.42 Å². The molecule has 1 saturated heterocycles. The third-order valence-corrected chi connectivity index (χ3v) is 2.17. The molecule has 1 rings (SSSR count). The quantitative estimate of drug-likeness (QED) is 0.482. The van der Waals surface area contributed by atoms with Gasteiger partial charge in [0.2, 0.25) is 0 Å². The zero-order chi connectivity index (χ0) is 9.19. The van der Waals surface area contributed by atoms with Crippen LogP contribution < -0.4 is 0 Å². The van der Waals surface area contributed by atoms with Crippen molar-refractivity contribution in [3.63, 3.8) is 0 Å². The van der Waals surface area contributed by atoms with Crippen LogP contribution in [0, 0.1) is 0 Å². The summed E-state index contributed by atoms with van der Waals surface area (Å²) in [5.41, 5.74) is -0.849. The molecule has 0 aromatic carbocycles. The van der Waals surface area contributed by atoms with Crippen molar-refractivity contribution in [3.05, 3.63) is 0 Å². The molecule has 4 heteroatoms. The number of aliphatic hydroxyl groups excluding tert-OH is 1. The zero-order valence-electron chi connectivity index (χ0n) is 6.95. The van der Waals surface area contributed by atoms with Crippen molar-refractivity contribution < 1.29 is 19.4 Å². The minimum atomic E-state index is -0.849. The Morgan fingerprint density at radius 2 is 2.50 bits per heavy atom. The van der Waals surface area contributed by atoms with Crippen LogP contribution in [-0.4, -0.2) is 29.1 Å². The summed E-state index contributed by atoms with van der Waals surface area (Å²) >= 11 is 0. The number of rotatable bonds is 3. The van der Waals surface area contributed by atoms with E-state index in [2.05, 4.69) is 0 Å². The van der Waals surface area contributed by atoms with Crippen LogP contribution in [0.15, 0.2) is 0 Å². The predicted octanol–water partition coefficient (Wildman–Crippen LogP) is 0.0320. The summed E-state index contributed by atoms with van der Waals surface area (Å²) in [4.78, 5) is 20.8. The van der Waals surface area contributed by atoms with Crippen LogP contribution in [0.2, 0.25) is 0 Å². The van der Waals surface area contributed by atoms with Gasteiger partial charge in [-0.3, -0.25) is 4.79 Å². The Balaban J connectivity index is 2.57. The SMILES string of the molecule is C[C@]1(CCC=O)OC(=O)C[C@@H]1O. The van der Waals surface area contributed by atoms with Crippen molar-refractivity contribution >= 4 is 12.3 Å². The fourth-order valence-electron chi connectivity index (χ4n) is 1.31. The van der Waals surface area contributed by atoms with Crippen molar-refractivity contribution in [1.29, 1.82) is 0 Å². The molecule has 1 fully saturated rings. The topological polar surface area (TPSA) is 63.6 Å². The summed E-state index contributed by atoms with van der Waals surface area (Å²) in [6.45, 7) is 1.64. The van der Waals surface area contributed by atoms with Crippen LogP contribution in [0.5, 0.6) is 0 Å². The van der Waals surface area contributed by atoms with Gasteiger partial charge in [0.1, 0.15) is 18.0 Å². The molecule has 12 heavy (non-hydrogen) atoms. The normalized spacial score (nSPS) is 34.8. The molecule has 0 amide bonds.